The minimum atomic E-state index is -4.35. The Hall–Kier alpha value is -1.76. The molecule has 1 aliphatic carbocycles. The van der Waals surface area contributed by atoms with E-state index in [1.54, 1.807) is 6.07 Å². The van der Waals surface area contributed by atoms with Crippen molar-refractivity contribution in [3.8, 4) is 0 Å². The molecule has 0 bridgehead atoms. The van der Waals surface area contributed by atoms with E-state index in [9.17, 15) is 13.2 Å². The van der Waals surface area contributed by atoms with Gasteiger partial charge in [-0.1, -0.05) is 18.2 Å². The van der Waals surface area contributed by atoms with Gasteiger partial charge < -0.3 is 15.8 Å². The molecular weight excluding hydrogens is 319 g/mol. The van der Waals surface area contributed by atoms with E-state index in [0.717, 1.165) is 18.9 Å². The van der Waals surface area contributed by atoms with Gasteiger partial charge in [0.15, 0.2) is 5.96 Å². The zero-order chi connectivity index (χ0) is 17.2. The molecule has 1 saturated carbocycles. The predicted molar refractivity (Wildman–Crippen MR) is 85.8 cm³/mol. The van der Waals surface area contributed by atoms with Crippen LogP contribution in [-0.2, 0) is 16.3 Å². The summed E-state index contributed by atoms with van der Waals surface area (Å²) < 4.78 is 44.5. The minimum Gasteiger partial charge on any atom is -0.381 e. The summed E-state index contributed by atoms with van der Waals surface area (Å²) in [6.07, 6.45) is -0.910. The smallest absolute Gasteiger partial charge is 0.381 e. The number of rotatable bonds is 4. The summed E-state index contributed by atoms with van der Waals surface area (Å²) >= 11 is 0. The first-order valence-corrected chi connectivity index (χ1v) is 8.21. The van der Waals surface area contributed by atoms with Gasteiger partial charge in [-0.2, -0.15) is 13.2 Å². The van der Waals surface area contributed by atoms with Crippen molar-refractivity contribution in [3.05, 3.63) is 35.4 Å². The number of hydrogen-bond donors (Lipinski definition) is 2. The molecule has 0 spiro atoms. The van der Waals surface area contributed by atoms with E-state index in [-0.39, 0.29) is 0 Å². The number of ether oxygens (including phenoxy) is 1. The Morgan fingerprint density at radius 1 is 1.29 bits per heavy atom. The Bertz CT molecular complexity index is 605. The summed E-state index contributed by atoms with van der Waals surface area (Å²) in [6.45, 7) is 1.40. The largest absolute Gasteiger partial charge is 0.416 e. The summed E-state index contributed by atoms with van der Waals surface area (Å²) in [4.78, 5) is 4.41. The lowest BCUT2D eigenvalue weighted by molar-refractivity contribution is -0.137. The maximum absolute atomic E-state index is 13.0. The highest BCUT2D eigenvalue weighted by atomic mass is 19.4. The second-order valence-corrected chi connectivity index (χ2v) is 6.59. The van der Waals surface area contributed by atoms with Crippen molar-refractivity contribution in [2.24, 2.45) is 10.7 Å². The first-order chi connectivity index (χ1) is 11.4. The summed E-state index contributed by atoms with van der Waals surface area (Å²) in [7, 11) is 0. The molecule has 1 aromatic rings. The van der Waals surface area contributed by atoms with Crippen LogP contribution in [0, 0.1) is 0 Å². The number of hydrogen-bond acceptors (Lipinski definition) is 2. The standard InChI is InChI=1S/C17H22F3N3O/c18-17(19,20)13-3-1-2-12(10-13)16(6-8-24-9-7-16)11-22-15(21)23-14-4-5-14/h1-3,10,14H,4-9,11H2,(H3,21,22,23). The van der Waals surface area contributed by atoms with Crippen LogP contribution in [0.2, 0.25) is 0 Å². The van der Waals surface area contributed by atoms with Crippen molar-refractivity contribution >= 4 is 5.96 Å². The Kier molecular flexibility index (Phi) is 4.71. The summed E-state index contributed by atoms with van der Waals surface area (Å²) in [6, 6.07) is 5.95. The van der Waals surface area contributed by atoms with Gasteiger partial charge in [-0.15, -0.1) is 0 Å². The fourth-order valence-corrected chi connectivity index (χ4v) is 3.04. The van der Waals surface area contributed by atoms with Crippen LogP contribution in [0.15, 0.2) is 29.3 Å². The van der Waals surface area contributed by atoms with Gasteiger partial charge in [-0.3, -0.25) is 4.99 Å². The molecule has 7 heteroatoms. The van der Waals surface area contributed by atoms with Gasteiger partial charge in [-0.25, -0.2) is 0 Å². The first kappa shape index (κ1) is 17.1. The summed E-state index contributed by atoms with van der Waals surface area (Å²) in [5.74, 6) is 0.371. The van der Waals surface area contributed by atoms with Crippen molar-refractivity contribution in [2.75, 3.05) is 19.8 Å². The van der Waals surface area contributed by atoms with Crippen molar-refractivity contribution in [3.63, 3.8) is 0 Å². The minimum absolute atomic E-state index is 0.364. The van der Waals surface area contributed by atoms with Crippen LogP contribution >= 0.6 is 0 Å². The highest BCUT2D eigenvalue weighted by Crippen LogP contribution is 2.38. The van der Waals surface area contributed by atoms with Crippen LogP contribution in [0.5, 0.6) is 0 Å². The second-order valence-electron chi connectivity index (χ2n) is 6.59. The quantitative estimate of drug-likeness (QED) is 0.654. The number of halogens is 3. The Balaban J connectivity index is 1.85. The van der Waals surface area contributed by atoms with Crippen LogP contribution in [0.1, 0.15) is 36.8 Å². The van der Waals surface area contributed by atoms with E-state index >= 15 is 0 Å². The SMILES string of the molecule is NC(=NCC1(c2cccc(C(F)(F)F)c2)CCOCC1)NC1CC1. The lowest BCUT2D eigenvalue weighted by Gasteiger charge is -2.37. The molecule has 24 heavy (non-hydrogen) atoms. The van der Waals surface area contributed by atoms with E-state index < -0.39 is 17.2 Å². The number of nitrogens with one attached hydrogen (secondary N) is 1. The molecule has 3 N–H and O–H groups in total. The van der Waals surface area contributed by atoms with Crippen LogP contribution in [0.4, 0.5) is 13.2 Å². The molecular formula is C17H22F3N3O. The molecule has 0 radical (unpaired) electrons. The zero-order valence-corrected chi connectivity index (χ0v) is 13.4. The molecule has 1 aromatic carbocycles. The van der Waals surface area contributed by atoms with Crippen molar-refractivity contribution < 1.29 is 17.9 Å². The average molecular weight is 341 g/mol. The maximum atomic E-state index is 13.0. The molecule has 4 nitrogen and oxygen atoms in total. The lowest BCUT2D eigenvalue weighted by atomic mass is 9.74. The van der Waals surface area contributed by atoms with E-state index in [4.69, 9.17) is 10.5 Å². The lowest BCUT2D eigenvalue weighted by Crippen LogP contribution is -2.40. The van der Waals surface area contributed by atoms with E-state index in [1.807, 2.05) is 0 Å². The number of nitrogens with zero attached hydrogens (tertiary/aromatic N) is 1. The third-order valence-electron chi connectivity index (χ3n) is 4.73. The van der Waals surface area contributed by atoms with Crippen molar-refractivity contribution in [1.82, 2.24) is 5.32 Å². The van der Waals surface area contributed by atoms with Crippen LogP contribution < -0.4 is 11.1 Å². The number of alkyl halides is 3. The highest BCUT2D eigenvalue weighted by molar-refractivity contribution is 5.78. The van der Waals surface area contributed by atoms with Crippen LogP contribution in [0.3, 0.4) is 0 Å². The van der Waals surface area contributed by atoms with Gasteiger partial charge in [0.25, 0.3) is 0 Å². The average Bonchev–Trinajstić information content (AvgIpc) is 3.37. The van der Waals surface area contributed by atoms with Gasteiger partial charge >= 0.3 is 6.18 Å². The predicted octanol–water partition coefficient (Wildman–Crippen LogP) is 2.82. The molecule has 2 fully saturated rings. The van der Waals surface area contributed by atoms with Crippen molar-refractivity contribution in [1.29, 1.82) is 0 Å². The number of nitrogens with two attached hydrogens (primary N) is 1. The molecule has 1 heterocycles. The number of benzene rings is 1. The normalized spacial score (nSPS) is 21.5. The summed E-state index contributed by atoms with van der Waals surface area (Å²) in [5.41, 5.74) is 5.46. The van der Waals surface area contributed by atoms with E-state index in [1.165, 1.54) is 12.1 Å². The molecule has 0 unspecified atom stereocenters. The molecule has 0 amide bonds. The Labute approximate surface area is 139 Å². The molecule has 1 saturated heterocycles. The van der Waals surface area contributed by atoms with Crippen LogP contribution in [-0.4, -0.2) is 31.8 Å². The van der Waals surface area contributed by atoms with Crippen molar-refractivity contribution in [2.45, 2.75) is 43.3 Å². The fourth-order valence-electron chi connectivity index (χ4n) is 3.04. The first-order valence-electron chi connectivity index (χ1n) is 8.21. The molecule has 2 aliphatic rings. The van der Waals surface area contributed by atoms with Gasteiger partial charge in [0.2, 0.25) is 0 Å². The van der Waals surface area contributed by atoms with Crippen LogP contribution in [0.25, 0.3) is 0 Å². The molecule has 132 valence electrons. The number of guanidine groups is 1. The van der Waals surface area contributed by atoms with Gasteiger partial charge in [0.1, 0.15) is 0 Å². The fraction of sp³-hybridized carbons (Fsp3) is 0.588. The molecule has 0 aromatic heterocycles. The topological polar surface area (TPSA) is 59.6 Å². The molecule has 3 rings (SSSR count). The van der Waals surface area contributed by atoms with E-state index in [2.05, 4.69) is 10.3 Å². The Morgan fingerprint density at radius 2 is 2.00 bits per heavy atom. The third kappa shape index (κ3) is 4.01. The maximum Gasteiger partial charge on any atom is 0.416 e. The number of aliphatic imine (C=N–C) groups is 1. The zero-order valence-electron chi connectivity index (χ0n) is 13.4. The third-order valence-corrected chi connectivity index (χ3v) is 4.73. The van der Waals surface area contributed by atoms with E-state index in [0.29, 0.717) is 50.2 Å². The second kappa shape index (κ2) is 6.63. The Morgan fingerprint density at radius 3 is 2.62 bits per heavy atom. The molecule has 0 atom stereocenters. The van der Waals surface area contributed by atoms with Gasteiger partial charge in [0.05, 0.1) is 12.1 Å². The van der Waals surface area contributed by atoms with Gasteiger partial charge in [-0.05, 0) is 37.3 Å². The summed E-state index contributed by atoms with van der Waals surface area (Å²) in [5, 5.41) is 3.11. The van der Waals surface area contributed by atoms with Gasteiger partial charge in [0, 0.05) is 24.7 Å². The monoisotopic (exact) mass is 341 g/mol. The molecule has 1 aliphatic heterocycles. The highest BCUT2D eigenvalue weighted by Gasteiger charge is 2.37.